The first kappa shape index (κ1) is 19.9. The predicted molar refractivity (Wildman–Crippen MR) is 93.4 cm³/mol. The number of esters is 1. The highest BCUT2D eigenvalue weighted by Gasteiger charge is 2.40. The van der Waals surface area contributed by atoms with Crippen LogP contribution in [0.2, 0.25) is 0 Å². The Bertz CT molecular complexity index is 836. The molecule has 2 rings (SSSR count). The van der Waals surface area contributed by atoms with Gasteiger partial charge in [0.1, 0.15) is 24.0 Å². The minimum absolute atomic E-state index is 0.144. The van der Waals surface area contributed by atoms with E-state index in [9.17, 15) is 19.5 Å². The quantitative estimate of drug-likeness (QED) is 0.598. The van der Waals surface area contributed by atoms with E-state index in [0.29, 0.717) is 6.42 Å². The van der Waals surface area contributed by atoms with Crippen molar-refractivity contribution in [3.8, 4) is 11.8 Å². The molecule has 2 N–H and O–H groups in total. The molecule has 0 radical (unpaired) electrons. The fraction of sp³-hybridized carbons (Fsp3) is 0.611. The molecule has 0 saturated carbocycles. The van der Waals surface area contributed by atoms with E-state index < -0.39 is 41.1 Å². The molecule has 3 atom stereocenters. The lowest BCUT2D eigenvalue weighted by Crippen LogP contribution is -2.34. The van der Waals surface area contributed by atoms with Crippen LogP contribution in [0.5, 0.6) is 0 Å². The average Bonchev–Trinajstić information content (AvgIpc) is 2.95. The van der Waals surface area contributed by atoms with Gasteiger partial charge in [-0.1, -0.05) is 18.8 Å². The number of nitrogens with zero attached hydrogens (tertiary/aromatic N) is 1. The molecule has 0 amide bonds. The number of aliphatic hydroxyl groups excluding tert-OH is 1. The molecule has 1 aromatic heterocycles. The molecule has 0 aliphatic carbocycles. The van der Waals surface area contributed by atoms with Gasteiger partial charge in [0.15, 0.2) is 0 Å². The molecule has 142 valence electrons. The second kappa shape index (κ2) is 7.89. The monoisotopic (exact) mass is 364 g/mol. The summed E-state index contributed by atoms with van der Waals surface area (Å²) in [7, 11) is 0. The summed E-state index contributed by atoms with van der Waals surface area (Å²) in [6.45, 7) is 6.65. The van der Waals surface area contributed by atoms with Gasteiger partial charge in [0.05, 0.1) is 12.0 Å². The van der Waals surface area contributed by atoms with E-state index in [1.807, 2.05) is 6.92 Å². The minimum atomic E-state index is -0.781. The Kier molecular flexibility index (Phi) is 6.05. The molecule has 8 heteroatoms. The summed E-state index contributed by atoms with van der Waals surface area (Å²) in [5.74, 6) is 5.05. The van der Waals surface area contributed by atoms with Crippen LogP contribution < -0.4 is 11.2 Å². The standard InChI is InChI=1S/C18H24N2O6/c1-5-6-7-11-9-20(17(24)19-15(11)22)14-8-12(13(10-21)25-14)26-16(23)18(2,3)4/h9,12-14,21H,5,8,10H2,1-4H3,(H,19,22,24)/t12-,13+,14+/m0/s1. The number of hydrogen-bond acceptors (Lipinski definition) is 6. The second-order valence-corrected chi connectivity index (χ2v) is 7.11. The van der Waals surface area contributed by atoms with Gasteiger partial charge >= 0.3 is 11.7 Å². The molecule has 2 heterocycles. The number of aliphatic hydroxyl groups is 1. The molecule has 1 aromatic rings. The number of carbonyl (C=O) groups excluding carboxylic acids is 1. The average molecular weight is 364 g/mol. The van der Waals surface area contributed by atoms with Crippen LogP contribution in [0.3, 0.4) is 0 Å². The van der Waals surface area contributed by atoms with E-state index in [1.54, 1.807) is 20.8 Å². The van der Waals surface area contributed by atoms with E-state index >= 15 is 0 Å². The van der Waals surface area contributed by atoms with E-state index in [0.717, 1.165) is 0 Å². The normalized spacial score (nSPS) is 22.6. The molecule has 1 aliphatic rings. The number of hydrogen-bond donors (Lipinski definition) is 2. The van der Waals surface area contributed by atoms with Crippen molar-refractivity contribution in [1.29, 1.82) is 0 Å². The maximum Gasteiger partial charge on any atom is 0.330 e. The van der Waals surface area contributed by atoms with Crippen LogP contribution >= 0.6 is 0 Å². The Morgan fingerprint density at radius 2 is 2.15 bits per heavy atom. The topological polar surface area (TPSA) is 111 Å². The zero-order valence-electron chi connectivity index (χ0n) is 15.4. The number of aromatic amines is 1. The summed E-state index contributed by atoms with van der Waals surface area (Å²) in [5.41, 5.74) is -1.78. The zero-order chi connectivity index (χ0) is 19.5. The van der Waals surface area contributed by atoms with Gasteiger partial charge in [-0.05, 0) is 20.8 Å². The third-order valence-electron chi connectivity index (χ3n) is 3.91. The third kappa shape index (κ3) is 4.42. The molecule has 8 nitrogen and oxygen atoms in total. The molecular weight excluding hydrogens is 340 g/mol. The molecule has 1 aliphatic heterocycles. The number of rotatable bonds is 3. The van der Waals surface area contributed by atoms with Crippen molar-refractivity contribution in [3.05, 3.63) is 32.6 Å². The van der Waals surface area contributed by atoms with Crippen LogP contribution in [0.4, 0.5) is 0 Å². The zero-order valence-corrected chi connectivity index (χ0v) is 15.4. The van der Waals surface area contributed by atoms with Crippen LogP contribution in [0, 0.1) is 17.3 Å². The summed E-state index contributed by atoms with van der Waals surface area (Å²) in [6.07, 6.45) is -0.153. The molecule has 0 spiro atoms. The number of H-pyrrole nitrogens is 1. The Morgan fingerprint density at radius 1 is 1.46 bits per heavy atom. The Hall–Kier alpha value is -2.37. The van der Waals surface area contributed by atoms with Crippen molar-refractivity contribution in [2.24, 2.45) is 5.41 Å². The number of ether oxygens (including phenoxy) is 2. The molecular formula is C18H24N2O6. The van der Waals surface area contributed by atoms with Crippen LogP contribution in [0.1, 0.15) is 52.3 Å². The Balaban J connectivity index is 2.29. The summed E-state index contributed by atoms with van der Waals surface area (Å²) >= 11 is 0. The highest BCUT2D eigenvalue weighted by Crippen LogP contribution is 2.31. The van der Waals surface area contributed by atoms with E-state index in [4.69, 9.17) is 9.47 Å². The van der Waals surface area contributed by atoms with Crippen molar-refractivity contribution in [3.63, 3.8) is 0 Å². The predicted octanol–water partition coefficient (Wildman–Crippen LogP) is 0.536. The molecule has 26 heavy (non-hydrogen) atoms. The van der Waals surface area contributed by atoms with Gasteiger partial charge in [0.25, 0.3) is 5.56 Å². The van der Waals surface area contributed by atoms with Crippen molar-refractivity contribution < 1.29 is 19.4 Å². The maximum atomic E-state index is 12.1. The molecule has 1 saturated heterocycles. The van der Waals surface area contributed by atoms with E-state index in [2.05, 4.69) is 16.8 Å². The van der Waals surface area contributed by atoms with Gasteiger partial charge in [-0.2, -0.15) is 0 Å². The van der Waals surface area contributed by atoms with Gasteiger partial charge in [-0.15, -0.1) is 0 Å². The van der Waals surface area contributed by atoms with E-state index in [1.165, 1.54) is 10.8 Å². The lowest BCUT2D eigenvalue weighted by Gasteiger charge is -2.22. The highest BCUT2D eigenvalue weighted by atomic mass is 16.6. The number of aromatic nitrogens is 2. The summed E-state index contributed by atoms with van der Waals surface area (Å²) in [4.78, 5) is 38.3. The van der Waals surface area contributed by atoms with Gasteiger partial charge in [-0.3, -0.25) is 19.1 Å². The molecule has 0 aromatic carbocycles. The van der Waals surface area contributed by atoms with Crippen LogP contribution in [0.25, 0.3) is 0 Å². The lowest BCUT2D eigenvalue weighted by molar-refractivity contribution is -0.162. The van der Waals surface area contributed by atoms with Crippen LogP contribution in [-0.2, 0) is 14.3 Å². The van der Waals surface area contributed by atoms with Gasteiger partial charge < -0.3 is 14.6 Å². The maximum absolute atomic E-state index is 12.1. The Labute approximate surface area is 151 Å². The summed E-state index contributed by atoms with van der Waals surface area (Å²) < 4.78 is 12.3. The van der Waals surface area contributed by atoms with E-state index in [-0.39, 0.29) is 18.6 Å². The number of carbonyl (C=O) groups is 1. The van der Waals surface area contributed by atoms with Gasteiger partial charge in [0, 0.05) is 19.0 Å². The SMILES string of the molecule is CCC#Cc1cn([C@H]2C[C@H](OC(=O)C(C)(C)C)[C@@H](CO)O2)c(=O)[nH]c1=O. The fourth-order valence-electron chi connectivity index (χ4n) is 2.45. The molecule has 1 fully saturated rings. The van der Waals surface area contributed by atoms with Crippen molar-refractivity contribution in [2.45, 2.75) is 59.0 Å². The fourth-order valence-corrected chi connectivity index (χ4v) is 2.45. The summed E-state index contributed by atoms with van der Waals surface area (Å²) in [6, 6.07) is 0. The first-order chi connectivity index (χ1) is 12.2. The largest absolute Gasteiger partial charge is 0.459 e. The Morgan fingerprint density at radius 3 is 2.73 bits per heavy atom. The van der Waals surface area contributed by atoms with Crippen molar-refractivity contribution >= 4 is 5.97 Å². The summed E-state index contributed by atoms with van der Waals surface area (Å²) in [5, 5.41) is 9.52. The highest BCUT2D eigenvalue weighted by molar-refractivity contribution is 5.75. The minimum Gasteiger partial charge on any atom is -0.459 e. The molecule has 0 unspecified atom stereocenters. The van der Waals surface area contributed by atoms with Gasteiger partial charge in [-0.25, -0.2) is 4.79 Å². The first-order valence-electron chi connectivity index (χ1n) is 8.49. The molecule has 0 bridgehead atoms. The first-order valence-corrected chi connectivity index (χ1v) is 8.49. The number of nitrogens with one attached hydrogen (secondary N) is 1. The van der Waals surface area contributed by atoms with Gasteiger partial charge in [0.2, 0.25) is 0 Å². The third-order valence-corrected chi connectivity index (χ3v) is 3.91. The smallest absolute Gasteiger partial charge is 0.330 e. The van der Waals surface area contributed by atoms with Crippen LogP contribution in [-0.4, -0.2) is 39.4 Å². The second-order valence-electron chi connectivity index (χ2n) is 7.11. The van der Waals surface area contributed by atoms with Crippen LogP contribution in [0.15, 0.2) is 15.8 Å². The van der Waals surface area contributed by atoms with Crippen molar-refractivity contribution in [2.75, 3.05) is 6.61 Å². The lowest BCUT2D eigenvalue weighted by atomic mass is 9.97. The van der Waals surface area contributed by atoms with Crippen molar-refractivity contribution in [1.82, 2.24) is 9.55 Å².